The number of hydrogen-bond donors (Lipinski definition) is 2. The fourth-order valence-corrected chi connectivity index (χ4v) is 2.46. The molecule has 2 atom stereocenters. The first-order chi connectivity index (χ1) is 7.95. The quantitative estimate of drug-likeness (QED) is 0.626. The van der Waals surface area contributed by atoms with Gasteiger partial charge in [-0.2, -0.15) is 0 Å². The van der Waals surface area contributed by atoms with Gasteiger partial charge in [-0.25, -0.2) is 8.78 Å². The van der Waals surface area contributed by atoms with Crippen molar-refractivity contribution in [2.75, 3.05) is 0 Å². The molecule has 0 amide bonds. The molecule has 1 aliphatic carbocycles. The van der Waals surface area contributed by atoms with Crippen LogP contribution in [0.25, 0.3) is 0 Å². The molecule has 0 spiro atoms. The molecule has 0 saturated heterocycles. The van der Waals surface area contributed by atoms with E-state index in [1.54, 1.807) is 6.07 Å². The summed E-state index contributed by atoms with van der Waals surface area (Å²) in [6.45, 7) is 4.31. The molecule has 4 heteroatoms. The van der Waals surface area contributed by atoms with Crippen LogP contribution in [0.4, 0.5) is 8.78 Å². The third-order valence-electron chi connectivity index (χ3n) is 3.76. The predicted molar refractivity (Wildman–Crippen MR) is 63.1 cm³/mol. The molecule has 2 nitrogen and oxygen atoms in total. The summed E-state index contributed by atoms with van der Waals surface area (Å²) in [4.78, 5) is 0. The van der Waals surface area contributed by atoms with Gasteiger partial charge in [0.15, 0.2) is 11.6 Å². The van der Waals surface area contributed by atoms with E-state index in [2.05, 4.69) is 19.3 Å². The normalized spacial score (nSPS) is 23.5. The van der Waals surface area contributed by atoms with E-state index in [0.29, 0.717) is 17.9 Å². The molecule has 1 saturated carbocycles. The van der Waals surface area contributed by atoms with E-state index in [1.165, 1.54) is 6.07 Å². The van der Waals surface area contributed by atoms with Crippen LogP contribution in [0.1, 0.15) is 25.8 Å². The van der Waals surface area contributed by atoms with Gasteiger partial charge < -0.3 is 0 Å². The number of halogens is 2. The first kappa shape index (κ1) is 12.5. The number of nitrogens with two attached hydrogens (primary N) is 1. The lowest BCUT2D eigenvalue weighted by molar-refractivity contribution is 0.400. The van der Waals surface area contributed by atoms with Gasteiger partial charge in [-0.05, 0) is 35.8 Å². The van der Waals surface area contributed by atoms with Crippen LogP contribution in [0.3, 0.4) is 0 Å². The summed E-state index contributed by atoms with van der Waals surface area (Å²) >= 11 is 0. The highest BCUT2D eigenvalue weighted by atomic mass is 19.2. The van der Waals surface area contributed by atoms with Crippen LogP contribution in [0.15, 0.2) is 18.2 Å². The van der Waals surface area contributed by atoms with Gasteiger partial charge in [-0.3, -0.25) is 11.3 Å². The number of hydrogen-bond acceptors (Lipinski definition) is 2. The molecule has 0 aliphatic heterocycles. The molecule has 0 bridgehead atoms. The maximum atomic E-state index is 13.5. The third kappa shape index (κ3) is 2.48. The van der Waals surface area contributed by atoms with E-state index in [0.717, 1.165) is 12.5 Å². The van der Waals surface area contributed by atoms with Crippen molar-refractivity contribution in [3.8, 4) is 0 Å². The Morgan fingerprint density at radius 2 is 2.12 bits per heavy atom. The van der Waals surface area contributed by atoms with Crippen LogP contribution in [0.2, 0.25) is 0 Å². The molecule has 1 aromatic rings. The van der Waals surface area contributed by atoms with Crippen LogP contribution in [0, 0.1) is 23.0 Å². The molecule has 0 aromatic heterocycles. The highest BCUT2D eigenvalue weighted by molar-refractivity contribution is 5.21. The van der Waals surface area contributed by atoms with Gasteiger partial charge in [-0.15, -0.1) is 0 Å². The number of rotatable bonds is 4. The summed E-state index contributed by atoms with van der Waals surface area (Å²) in [5.41, 5.74) is 3.36. The minimum atomic E-state index is -0.798. The molecular formula is C13H18F2N2. The van der Waals surface area contributed by atoms with E-state index >= 15 is 0 Å². The third-order valence-corrected chi connectivity index (χ3v) is 3.76. The Morgan fingerprint density at radius 3 is 2.65 bits per heavy atom. The Balaban J connectivity index is 2.11. The summed E-state index contributed by atoms with van der Waals surface area (Å²) in [6, 6.07) is 4.27. The summed E-state index contributed by atoms with van der Waals surface area (Å²) in [6.07, 6.45) is 1.49. The lowest BCUT2D eigenvalue weighted by atomic mass is 9.97. The number of benzene rings is 1. The van der Waals surface area contributed by atoms with Crippen molar-refractivity contribution >= 4 is 0 Å². The molecule has 0 radical (unpaired) electrons. The van der Waals surface area contributed by atoms with E-state index in [9.17, 15) is 8.78 Å². The van der Waals surface area contributed by atoms with Crippen molar-refractivity contribution in [1.29, 1.82) is 0 Å². The molecule has 1 fully saturated rings. The fraction of sp³-hybridized carbons (Fsp3) is 0.538. The van der Waals surface area contributed by atoms with Gasteiger partial charge in [0.1, 0.15) is 0 Å². The molecule has 1 aromatic carbocycles. The summed E-state index contributed by atoms with van der Waals surface area (Å²) in [5.74, 6) is 4.37. The average molecular weight is 240 g/mol. The second-order valence-corrected chi connectivity index (χ2v) is 5.49. The van der Waals surface area contributed by atoms with Gasteiger partial charge in [0.05, 0.1) is 0 Å². The second kappa shape index (κ2) is 4.35. The predicted octanol–water partition coefficient (Wildman–Crippen LogP) is 2.39. The molecule has 0 heterocycles. The van der Waals surface area contributed by atoms with Gasteiger partial charge >= 0.3 is 0 Å². The molecule has 2 unspecified atom stereocenters. The molecule has 3 N–H and O–H groups in total. The summed E-state index contributed by atoms with van der Waals surface area (Å²) in [7, 11) is 0. The Labute approximate surface area is 100 Å². The van der Waals surface area contributed by atoms with Gasteiger partial charge in [0.2, 0.25) is 0 Å². The zero-order valence-corrected chi connectivity index (χ0v) is 10.1. The fourth-order valence-electron chi connectivity index (χ4n) is 2.46. The van der Waals surface area contributed by atoms with Crippen molar-refractivity contribution in [3.63, 3.8) is 0 Å². The van der Waals surface area contributed by atoms with Crippen LogP contribution in [-0.4, -0.2) is 6.04 Å². The van der Waals surface area contributed by atoms with Crippen molar-refractivity contribution in [2.24, 2.45) is 17.2 Å². The molecule has 2 rings (SSSR count). The van der Waals surface area contributed by atoms with Crippen molar-refractivity contribution in [2.45, 2.75) is 32.7 Å². The van der Waals surface area contributed by atoms with Crippen LogP contribution in [0.5, 0.6) is 0 Å². The zero-order valence-electron chi connectivity index (χ0n) is 10.1. The highest BCUT2D eigenvalue weighted by Gasteiger charge is 2.49. The van der Waals surface area contributed by atoms with Crippen molar-refractivity contribution in [1.82, 2.24) is 5.43 Å². The Kier molecular flexibility index (Phi) is 3.19. The maximum Gasteiger partial charge on any atom is 0.162 e. The molecule has 1 aliphatic rings. The van der Waals surface area contributed by atoms with Gasteiger partial charge in [0, 0.05) is 6.04 Å². The lowest BCUT2D eigenvalue weighted by Crippen LogP contribution is -2.39. The van der Waals surface area contributed by atoms with Gasteiger partial charge in [-0.1, -0.05) is 26.0 Å². The average Bonchev–Trinajstić information content (AvgIpc) is 2.90. The molecule has 17 heavy (non-hydrogen) atoms. The molecule has 94 valence electrons. The summed E-state index contributed by atoms with van der Waals surface area (Å²) in [5, 5.41) is 0. The first-order valence-corrected chi connectivity index (χ1v) is 5.84. The monoisotopic (exact) mass is 240 g/mol. The van der Waals surface area contributed by atoms with E-state index in [1.807, 2.05) is 0 Å². The van der Waals surface area contributed by atoms with Gasteiger partial charge in [0.25, 0.3) is 0 Å². The zero-order chi connectivity index (χ0) is 12.6. The van der Waals surface area contributed by atoms with Crippen molar-refractivity contribution < 1.29 is 8.78 Å². The van der Waals surface area contributed by atoms with Crippen LogP contribution in [-0.2, 0) is 6.42 Å². The highest BCUT2D eigenvalue weighted by Crippen LogP contribution is 2.53. The Morgan fingerprint density at radius 1 is 1.47 bits per heavy atom. The standard InChI is InChI=1S/C13H18F2N2/c1-13(2)7-9(13)11(17-16)6-8-4-3-5-10(14)12(8)15/h3-5,9,11,17H,6-7,16H2,1-2H3. The minimum absolute atomic E-state index is 0.00120. The smallest absolute Gasteiger partial charge is 0.162 e. The van der Waals surface area contributed by atoms with Crippen LogP contribution < -0.4 is 11.3 Å². The Hall–Kier alpha value is -1.00. The topological polar surface area (TPSA) is 38.0 Å². The SMILES string of the molecule is CC1(C)CC1C(Cc1cccc(F)c1F)NN. The van der Waals surface area contributed by atoms with Crippen molar-refractivity contribution in [3.05, 3.63) is 35.4 Å². The molecular weight excluding hydrogens is 222 g/mol. The van der Waals surface area contributed by atoms with Crippen LogP contribution >= 0.6 is 0 Å². The van der Waals surface area contributed by atoms with E-state index < -0.39 is 11.6 Å². The first-order valence-electron chi connectivity index (χ1n) is 5.84. The largest absolute Gasteiger partial charge is 0.271 e. The maximum absolute atomic E-state index is 13.5. The van der Waals surface area contributed by atoms with E-state index in [-0.39, 0.29) is 11.5 Å². The number of nitrogens with one attached hydrogen (secondary N) is 1. The van der Waals surface area contributed by atoms with E-state index in [4.69, 9.17) is 5.84 Å². The minimum Gasteiger partial charge on any atom is -0.271 e. The lowest BCUT2D eigenvalue weighted by Gasteiger charge is -2.18. The second-order valence-electron chi connectivity index (χ2n) is 5.49. The Bertz CT molecular complexity index is 418. The number of hydrazine groups is 1. The summed E-state index contributed by atoms with van der Waals surface area (Å²) < 4.78 is 26.6.